The first kappa shape index (κ1) is 29.9. The molecule has 0 aliphatic rings. The third-order valence-electron chi connectivity index (χ3n) is 7.01. The number of unbranched alkanes of at least 4 members (excludes halogenated alkanes) is 14. The second kappa shape index (κ2) is 19.8. The molecule has 0 amide bonds. The summed E-state index contributed by atoms with van der Waals surface area (Å²) in [6, 6.07) is 15.9. The van der Waals surface area contributed by atoms with E-state index in [9.17, 15) is 4.79 Å². The number of carbonyl (C=O) groups is 1. The number of carbonyl (C=O) groups excluding carboxylic acids is 1. The van der Waals surface area contributed by atoms with Crippen LogP contribution in [0.15, 0.2) is 48.5 Å². The van der Waals surface area contributed by atoms with Crippen LogP contribution in [0.25, 0.3) is 0 Å². The maximum atomic E-state index is 12.9. The molecule has 36 heavy (non-hydrogen) atoms. The Labute approximate surface area is 221 Å². The van der Waals surface area contributed by atoms with Crippen LogP contribution >= 0.6 is 0 Å². The molecule has 0 fully saturated rings. The summed E-state index contributed by atoms with van der Waals surface area (Å²) >= 11 is 0. The molecule has 0 spiro atoms. The van der Waals surface area contributed by atoms with Gasteiger partial charge in [-0.3, -0.25) is 4.79 Å². The monoisotopic (exact) mass is 492 g/mol. The number of anilines is 2. The summed E-state index contributed by atoms with van der Waals surface area (Å²) in [4.78, 5) is 12.9. The molecule has 2 N–H and O–H groups in total. The van der Waals surface area contributed by atoms with Crippen LogP contribution in [0.5, 0.6) is 0 Å². The van der Waals surface area contributed by atoms with Crippen molar-refractivity contribution in [3.05, 3.63) is 59.7 Å². The largest absolute Gasteiger partial charge is 0.385 e. The normalized spacial score (nSPS) is 10.9. The molecular weight excluding hydrogens is 440 g/mol. The van der Waals surface area contributed by atoms with Gasteiger partial charge in [0.2, 0.25) is 0 Å². The fourth-order valence-electron chi connectivity index (χ4n) is 4.63. The maximum Gasteiger partial charge on any atom is 0.193 e. The van der Waals surface area contributed by atoms with Gasteiger partial charge in [-0.1, -0.05) is 104 Å². The Morgan fingerprint density at radius 1 is 0.472 bits per heavy atom. The molecule has 3 heteroatoms. The second-order valence-corrected chi connectivity index (χ2v) is 10.3. The minimum atomic E-state index is 0.0826. The third kappa shape index (κ3) is 13.1. The number of ketones is 1. The molecule has 0 atom stereocenters. The number of hydrogen-bond donors (Lipinski definition) is 2. The lowest BCUT2D eigenvalue weighted by Crippen LogP contribution is -2.05. The van der Waals surface area contributed by atoms with Crippen LogP contribution in [-0.4, -0.2) is 18.9 Å². The fraction of sp³-hybridized carbons (Fsp3) is 0.606. The quantitative estimate of drug-likeness (QED) is 0.127. The van der Waals surface area contributed by atoms with Gasteiger partial charge in [0.1, 0.15) is 0 Å². The molecule has 200 valence electrons. The van der Waals surface area contributed by atoms with E-state index in [2.05, 4.69) is 24.5 Å². The van der Waals surface area contributed by atoms with E-state index in [-0.39, 0.29) is 5.78 Å². The topological polar surface area (TPSA) is 41.1 Å². The number of nitrogens with one attached hydrogen (secondary N) is 2. The average Bonchev–Trinajstić information content (AvgIpc) is 2.91. The maximum absolute atomic E-state index is 12.9. The molecule has 0 aromatic heterocycles. The van der Waals surface area contributed by atoms with E-state index in [4.69, 9.17) is 0 Å². The van der Waals surface area contributed by atoms with Crippen LogP contribution in [0.1, 0.15) is 133 Å². The molecule has 0 aliphatic heterocycles. The van der Waals surface area contributed by atoms with Gasteiger partial charge in [0.25, 0.3) is 0 Å². The van der Waals surface area contributed by atoms with Crippen LogP contribution in [-0.2, 0) is 0 Å². The van der Waals surface area contributed by atoms with Crippen LogP contribution < -0.4 is 10.6 Å². The Bertz CT molecular complexity index is 730. The summed E-state index contributed by atoms with van der Waals surface area (Å²) in [6.07, 6.45) is 21.3. The van der Waals surface area contributed by atoms with Crippen molar-refractivity contribution < 1.29 is 4.79 Å². The highest BCUT2D eigenvalue weighted by Gasteiger charge is 2.09. The standard InChI is InChI=1S/C33H52N2O/c1-3-5-7-9-11-13-15-17-27-34-31-23-19-29(20-24-31)33(36)30-21-25-32(26-22-30)35-28-18-16-14-12-10-8-6-4-2/h19-26,34-35H,3-18,27-28H2,1-2H3. The molecular formula is C33H52N2O. The van der Waals surface area contributed by atoms with E-state index in [1.54, 1.807) is 0 Å². The van der Waals surface area contributed by atoms with Crippen molar-refractivity contribution in [1.29, 1.82) is 0 Å². The van der Waals surface area contributed by atoms with Crippen molar-refractivity contribution in [3.63, 3.8) is 0 Å². The van der Waals surface area contributed by atoms with E-state index in [0.717, 1.165) is 35.6 Å². The van der Waals surface area contributed by atoms with Crippen molar-refractivity contribution in [3.8, 4) is 0 Å². The molecule has 2 aromatic carbocycles. The lowest BCUT2D eigenvalue weighted by molar-refractivity contribution is 0.103. The summed E-state index contributed by atoms with van der Waals surface area (Å²) in [6.45, 7) is 6.52. The molecule has 0 saturated carbocycles. The lowest BCUT2D eigenvalue weighted by atomic mass is 10.0. The second-order valence-electron chi connectivity index (χ2n) is 10.3. The summed E-state index contributed by atoms with van der Waals surface area (Å²) in [7, 11) is 0. The molecule has 2 aromatic rings. The number of rotatable bonds is 22. The Balaban J connectivity index is 1.61. The fourth-order valence-corrected chi connectivity index (χ4v) is 4.63. The van der Waals surface area contributed by atoms with Crippen LogP contribution in [0.3, 0.4) is 0 Å². The van der Waals surface area contributed by atoms with E-state index in [1.807, 2.05) is 48.5 Å². The van der Waals surface area contributed by atoms with Crippen molar-refractivity contribution in [2.45, 2.75) is 117 Å². The minimum Gasteiger partial charge on any atom is -0.385 e. The predicted octanol–water partition coefficient (Wildman–Crippen LogP) is 10.0. The molecule has 2 rings (SSSR count). The first-order valence-corrected chi connectivity index (χ1v) is 15.0. The molecule has 0 unspecified atom stereocenters. The predicted molar refractivity (Wildman–Crippen MR) is 159 cm³/mol. The molecule has 0 bridgehead atoms. The van der Waals surface area contributed by atoms with Gasteiger partial charge in [0.15, 0.2) is 5.78 Å². The zero-order valence-corrected chi connectivity index (χ0v) is 23.3. The van der Waals surface area contributed by atoms with Gasteiger partial charge >= 0.3 is 0 Å². The smallest absolute Gasteiger partial charge is 0.193 e. The average molecular weight is 493 g/mol. The highest BCUT2D eigenvalue weighted by Crippen LogP contribution is 2.17. The van der Waals surface area contributed by atoms with E-state index < -0.39 is 0 Å². The van der Waals surface area contributed by atoms with E-state index in [1.165, 1.54) is 103 Å². The highest BCUT2D eigenvalue weighted by molar-refractivity contribution is 6.09. The van der Waals surface area contributed by atoms with Gasteiger partial charge in [-0.2, -0.15) is 0 Å². The van der Waals surface area contributed by atoms with E-state index in [0.29, 0.717) is 0 Å². The highest BCUT2D eigenvalue weighted by atomic mass is 16.1. The molecule has 0 saturated heterocycles. The van der Waals surface area contributed by atoms with Gasteiger partial charge in [-0.05, 0) is 61.4 Å². The number of benzene rings is 2. The van der Waals surface area contributed by atoms with Crippen molar-refractivity contribution in [2.24, 2.45) is 0 Å². The van der Waals surface area contributed by atoms with Gasteiger partial charge in [0, 0.05) is 35.6 Å². The zero-order chi connectivity index (χ0) is 25.7. The molecule has 3 nitrogen and oxygen atoms in total. The van der Waals surface area contributed by atoms with Crippen LogP contribution in [0, 0.1) is 0 Å². The van der Waals surface area contributed by atoms with Crippen molar-refractivity contribution in [2.75, 3.05) is 23.7 Å². The minimum absolute atomic E-state index is 0.0826. The Morgan fingerprint density at radius 3 is 1.11 bits per heavy atom. The van der Waals surface area contributed by atoms with Crippen LogP contribution in [0.2, 0.25) is 0 Å². The summed E-state index contributed by atoms with van der Waals surface area (Å²) in [5.41, 5.74) is 3.67. The van der Waals surface area contributed by atoms with Crippen molar-refractivity contribution >= 4 is 17.2 Å². The lowest BCUT2D eigenvalue weighted by Gasteiger charge is -2.09. The zero-order valence-electron chi connectivity index (χ0n) is 23.3. The van der Waals surface area contributed by atoms with Crippen LogP contribution in [0.4, 0.5) is 11.4 Å². The summed E-state index contributed by atoms with van der Waals surface area (Å²) < 4.78 is 0. The van der Waals surface area contributed by atoms with Gasteiger partial charge < -0.3 is 10.6 Å². The third-order valence-corrected chi connectivity index (χ3v) is 7.01. The molecule has 0 heterocycles. The van der Waals surface area contributed by atoms with Crippen molar-refractivity contribution in [1.82, 2.24) is 0 Å². The number of hydrogen-bond acceptors (Lipinski definition) is 3. The van der Waals surface area contributed by atoms with E-state index >= 15 is 0 Å². The Kier molecular flexibility index (Phi) is 16.5. The summed E-state index contributed by atoms with van der Waals surface area (Å²) in [5, 5.41) is 6.99. The molecule has 0 aliphatic carbocycles. The van der Waals surface area contributed by atoms with Gasteiger partial charge in [-0.15, -0.1) is 0 Å². The van der Waals surface area contributed by atoms with Gasteiger partial charge in [0.05, 0.1) is 0 Å². The molecule has 0 radical (unpaired) electrons. The van der Waals surface area contributed by atoms with Gasteiger partial charge in [-0.25, -0.2) is 0 Å². The summed E-state index contributed by atoms with van der Waals surface area (Å²) in [5.74, 6) is 0.0826. The first-order chi connectivity index (χ1) is 17.7. The SMILES string of the molecule is CCCCCCCCCCNc1ccc(C(=O)c2ccc(NCCCCCCCCCC)cc2)cc1. The Morgan fingerprint density at radius 2 is 0.778 bits per heavy atom. The first-order valence-electron chi connectivity index (χ1n) is 15.0. The Hall–Kier alpha value is -2.29.